The molecule has 86 valence electrons. The van der Waals surface area contributed by atoms with Crippen LogP contribution in [-0.2, 0) is 14.3 Å². The zero-order valence-corrected chi connectivity index (χ0v) is 8.70. The molecule has 0 heterocycles. The Labute approximate surface area is 88.8 Å². The first kappa shape index (κ1) is 12.0. The van der Waals surface area contributed by atoms with Crippen molar-refractivity contribution in [2.24, 2.45) is 5.92 Å². The summed E-state index contributed by atoms with van der Waals surface area (Å²) in [7, 11) is 0. The van der Waals surface area contributed by atoms with Gasteiger partial charge in [-0.1, -0.05) is 12.8 Å². The number of rotatable bonds is 8. The number of carboxylic acids is 1. The summed E-state index contributed by atoms with van der Waals surface area (Å²) in [6.45, 7) is 0.330. The lowest BCUT2D eigenvalue weighted by Gasteiger charge is -2.04. The standard InChI is InChI=1S/C10H17NO4/c12-9(4-3-8-1-2-8)11-5-6-15-7-10(13)14/h8H,1-7H2,(H,11,12)(H,13,14). The zero-order chi connectivity index (χ0) is 11.1. The van der Waals surface area contributed by atoms with Crippen molar-refractivity contribution in [3.8, 4) is 0 Å². The predicted octanol–water partition coefficient (Wildman–Crippen LogP) is 0.394. The maximum atomic E-state index is 11.2. The molecule has 1 fully saturated rings. The Morgan fingerprint density at radius 1 is 1.40 bits per heavy atom. The van der Waals surface area contributed by atoms with Gasteiger partial charge in [-0.25, -0.2) is 4.79 Å². The van der Waals surface area contributed by atoms with Gasteiger partial charge in [0, 0.05) is 13.0 Å². The molecule has 2 N–H and O–H groups in total. The highest BCUT2D eigenvalue weighted by Crippen LogP contribution is 2.33. The first-order chi connectivity index (χ1) is 7.18. The average Bonchev–Trinajstić information content (AvgIpc) is 2.97. The molecule has 0 atom stereocenters. The first-order valence-electron chi connectivity index (χ1n) is 5.24. The van der Waals surface area contributed by atoms with Gasteiger partial charge in [0.25, 0.3) is 0 Å². The van der Waals surface area contributed by atoms with Crippen molar-refractivity contribution in [3.63, 3.8) is 0 Å². The number of amides is 1. The Kier molecular flexibility index (Phi) is 5.10. The van der Waals surface area contributed by atoms with Crippen molar-refractivity contribution in [1.82, 2.24) is 5.32 Å². The molecule has 0 radical (unpaired) electrons. The van der Waals surface area contributed by atoms with Gasteiger partial charge in [-0.05, 0) is 12.3 Å². The summed E-state index contributed by atoms with van der Waals surface area (Å²) in [4.78, 5) is 21.3. The van der Waals surface area contributed by atoms with Gasteiger partial charge >= 0.3 is 5.97 Å². The summed E-state index contributed by atoms with van der Waals surface area (Å²) >= 11 is 0. The van der Waals surface area contributed by atoms with Crippen molar-refractivity contribution >= 4 is 11.9 Å². The SMILES string of the molecule is O=C(O)COCCNC(=O)CCC1CC1. The summed E-state index contributed by atoms with van der Waals surface area (Å²) in [6.07, 6.45) is 4.06. The topological polar surface area (TPSA) is 75.6 Å². The number of nitrogens with one attached hydrogen (secondary N) is 1. The average molecular weight is 215 g/mol. The number of hydrogen-bond donors (Lipinski definition) is 2. The lowest BCUT2D eigenvalue weighted by atomic mass is 10.2. The number of carbonyl (C=O) groups excluding carboxylic acids is 1. The van der Waals surface area contributed by atoms with Crippen molar-refractivity contribution < 1.29 is 19.4 Å². The minimum absolute atomic E-state index is 0.0285. The van der Waals surface area contributed by atoms with Gasteiger partial charge in [-0.2, -0.15) is 0 Å². The monoisotopic (exact) mass is 215 g/mol. The van der Waals surface area contributed by atoms with Crippen LogP contribution >= 0.6 is 0 Å². The Balaban J connectivity index is 1.85. The first-order valence-corrected chi connectivity index (χ1v) is 5.24. The molecule has 0 aromatic rings. The van der Waals surface area contributed by atoms with Crippen molar-refractivity contribution in [2.45, 2.75) is 25.7 Å². The third-order valence-electron chi connectivity index (χ3n) is 2.27. The van der Waals surface area contributed by atoms with Gasteiger partial charge in [-0.3, -0.25) is 4.79 Å². The van der Waals surface area contributed by atoms with Gasteiger partial charge in [0.2, 0.25) is 5.91 Å². The molecule has 1 aliphatic carbocycles. The van der Waals surface area contributed by atoms with Crippen LogP contribution in [0.4, 0.5) is 0 Å². The quantitative estimate of drug-likeness (QED) is 0.574. The number of carboxylic acid groups (broad SMARTS) is 1. The number of hydrogen-bond acceptors (Lipinski definition) is 3. The van der Waals surface area contributed by atoms with Gasteiger partial charge in [0.05, 0.1) is 6.61 Å². The molecule has 1 aliphatic rings. The van der Waals surface area contributed by atoms with Crippen molar-refractivity contribution in [1.29, 1.82) is 0 Å². The van der Waals surface area contributed by atoms with Crippen LogP contribution in [0.5, 0.6) is 0 Å². The highest BCUT2D eigenvalue weighted by Gasteiger charge is 2.21. The fraction of sp³-hybridized carbons (Fsp3) is 0.800. The van der Waals surface area contributed by atoms with E-state index in [1.807, 2.05) is 0 Å². The van der Waals surface area contributed by atoms with Crippen LogP contribution < -0.4 is 5.32 Å². The molecule has 0 saturated heterocycles. The van der Waals surface area contributed by atoms with E-state index in [-0.39, 0.29) is 19.1 Å². The lowest BCUT2D eigenvalue weighted by molar-refractivity contribution is -0.142. The smallest absolute Gasteiger partial charge is 0.329 e. The van der Waals surface area contributed by atoms with Gasteiger partial charge in [0.15, 0.2) is 0 Å². The van der Waals surface area contributed by atoms with E-state index in [9.17, 15) is 9.59 Å². The molecule has 0 aromatic heterocycles. The Morgan fingerprint density at radius 2 is 2.13 bits per heavy atom. The second-order valence-electron chi connectivity index (χ2n) is 3.78. The van der Waals surface area contributed by atoms with Crippen LogP contribution in [0.25, 0.3) is 0 Å². The maximum Gasteiger partial charge on any atom is 0.329 e. The summed E-state index contributed by atoms with van der Waals surface area (Å²) in [5, 5.41) is 10.9. The normalized spacial score (nSPS) is 14.9. The Bertz CT molecular complexity index is 225. The molecule has 0 unspecified atom stereocenters. The summed E-state index contributed by atoms with van der Waals surface area (Å²) < 4.78 is 4.77. The molecule has 0 spiro atoms. The van der Waals surface area contributed by atoms with Crippen LogP contribution in [0.3, 0.4) is 0 Å². The van der Waals surface area contributed by atoms with E-state index in [4.69, 9.17) is 9.84 Å². The molecule has 0 bridgehead atoms. The fourth-order valence-corrected chi connectivity index (χ4v) is 1.25. The zero-order valence-electron chi connectivity index (χ0n) is 8.70. The molecular formula is C10H17NO4. The predicted molar refractivity (Wildman–Crippen MR) is 53.4 cm³/mol. The molecule has 5 nitrogen and oxygen atoms in total. The summed E-state index contributed by atoms with van der Waals surface area (Å²) in [5.74, 6) is -0.199. The maximum absolute atomic E-state index is 11.2. The molecule has 0 aromatic carbocycles. The molecule has 5 heteroatoms. The highest BCUT2D eigenvalue weighted by atomic mass is 16.5. The summed E-state index contributed by atoms with van der Waals surface area (Å²) in [6, 6.07) is 0. The second-order valence-corrected chi connectivity index (χ2v) is 3.78. The van der Waals surface area contributed by atoms with E-state index >= 15 is 0 Å². The van der Waals surface area contributed by atoms with Crippen LogP contribution in [0.2, 0.25) is 0 Å². The van der Waals surface area contributed by atoms with Gasteiger partial charge < -0.3 is 15.2 Å². The van der Waals surface area contributed by atoms with E-state index < -0.39 is 5.97 Å². The van der Waals surface area contributed by atoms with E-state index in [1.54, 1.807) is 0 Å². The highest BCUT2D eigenvalue weighted by molar-refractivity contribution is 5.75. The Morgan fingerprint density at radius 3 is 2.73 bits per heavy atom. The minimum Gasteiger partial charge on any atom is -0.480 e. The molecular weight excluding hydrogens is 198 g/mol. The molecule has 0 aliphatic heterocycles. The number of carbonyl (C=O) groups is 2. The van der Waals surface area contributed by atoms with E-state index in [0.717, 1.165) is 12.3 Å². The minimum atomic E-state index is -0.991. The van der Waals surface area contributed by atoms with Crippen LogP contribution in [0, 0.1) is 5.92 Å². The van der Waals surface area contributed by atoms with Crippen LogP contribution in [0.15, 0.2) is 0 Å². The molecule has 1 amide bonds. The number of ether oxygens (including phenoxy) is 1. The molecule has 1 saturated carbocycles. The van der Waals surface area contributed by atoms with E-state index in [0.29, 0.717) is 13.0 Å². The van der Waals surface area contributed by atoms with E-state index in [2.05, 4.69) is 5.32 Å². The lowest BCUT2D eigenvalue weighted by Crippen LogP contribution is -2.27. The largest absolute Gasteiger partial charge is 0.480 e. The van der Waals surface area contributed by atoms with Gasteiger partial charge in [-0.15, -0.1) is 0 Å². The van der Waals surface area contributed by atoms with Crippen LogP contribution in [0.1, 0.15) is 25.7 Å². The summed E-state index contributed by atoms with van der Waals surface area (Å²) in [5.41, 5.74) is 0. The second kappa shape index (κ2) is 6.40. The van der Waals surface area contributed by atoms with Crippen molar-refractivity contribution in [2.75, 3.05) is 19.8 Å². The molecule has 15 heavy (non-hydrogen) atoms. The third kappa shape index (κ3) is 6.90. The third-order valence-corrected chi connectivity index (χ3v) is 2.27. The number of aliphatic carboxylic acids is 1. The van der Waals surface area contributed by atoms with Gasteiger partial charge in [0.1, 0.15) is 6.61 Å². The van der Waals surface area contributed by atoms with E-state index in [1.165, 1.54) is 12.8 Å². The Hall–Kier alpha value is -1.10. The van der Waals surface area contributed by atoms with Crippen LogP contribution in [-0.4, -0.2) is 36.7 Å². The molecule has 1 rings (SSSR count). The van der Waals surface area contributed by atoms with Crippen molar-refractivity contribution in [3.05, 3.63) is 0 Å². The fourth-order valence-electron chi connectivity index (χ4n) is 1.25.